The zero-order valence-electron chi connectivity index (χ0n) is 15.3. The molecule has 0 aliphatic heterocycles. The monoisotopic (exact) mass is 452 g/mol. The number of nitrogens with zero attached hydrogens (tertiary/aromatic N) is 3. The topological polar surface area (TPSA) is 86.1 Å². The number of rotatable bonds is 5. The van der Waals surface area contributed by atoms with Crippen LogP contribution < -0.4 is 5.32 Å². The van der Waals surface area contributed by atoms with Crippen molar-refractivity contribution in [1.29, 1.82) is 0 Å². The predicted molar refractivity (Wildman–Crippen MR) is 111 cm³/mol. The maximum Gasteiger partial charge on any atom is 0.361 e. The molecule has 0 saturated heterocycles. The van der Waals surface area contributed by atoms with Crippen LogP contribution in [0.1, 0.15) is 23.1 Å². The van der Waals surface area contributed by atoms with Crippen LogP contribution in [0.2, 0.25) is 15.1 Å². The highest BCUT2D eigenvalue weighted by molar-refractivity contribution is 6.42. The number of esters is 1. The molecular weight excluding hydrogens is 439 g/mol. The molecule has 1 aromatic heterocycles. The summed E-state index contributed by atoms with van der Waals surface area (Å²) in [5.41, 5.74) is 1.25. The van der Waals surface area contributed by atoms with Gasteiger partial charge in [-0.1, -0.05) is 53.0 Å². The minimum Gasteiger partial charge on any atom is -0.448 e. The number of amides is 1. The Kier molecular flexibility index (Phi) is 6.42. The number of hydrogen-bond donors (Lipinski definition) is 1. The number of carbonyl (C=O) groups is 2. The highest BCUT2D eigenvalue weighted by atomic mass is 35.5. The van der Waals surface area contributed by atoms with Crippen LogP contribution in [0.15, 0.2) is 42.5 Å². The molecule has 150 valence electrons. The van der Waals surface area contributed by atoms with Gasteiger partial charge >= 0.3 is 5.97 Å². The summed E-state index contributed by atoms with van der Waals surface area (Å²) in [7, 11) is 0. The Balaban J connectivity index is 1.71. The van der Waals surface area contributed by atoms with Crippen molar-refractivity contribution in [1.82, 2.24) is 15.0 Å². The lowest BCUT2D eigenvalue weighted by Crippen LogP contribution is -2.30. The van der Waals surface area contributed by atoms with Gasteiger partial charge in [0, 0.05) is 5.02 Å². The minimum atomic E-state index is -1.13. The number of aryl methyl sites for hydroxylation is 1. The first kappa shape index (κ1) is 21.1. The van der Waals surface area contributed by atoms with Gasteiger partial charge in [-0.15, -0.1) is 5.10 Å². The highest BCUT2D eigenvalue weighted by Crippen LogP contribution is 2.33. The van der Waals surface area contributed by atoms with Gasteiger partial charge in [-0.3, -0.25) is 4.79 Å². The average molecular weight is 454 g/mol. The summed E-state index contributed by atoms with van der Waals surface area (Å²) < 4.78 is 5.22. The molecule has 0 bridgehead atoms. The number of halogens is 3. The standard InChI is InChI=1S/C19H15Cl3N4O3/c1-10-16(25-26(24-10)13-6-4-3-5-7-13)19(28)29-11(2)18(27)23-17-14(21)8-12(20)9-15(17)22/h3-9,11H,1-2H3,(H,23,27). The fraction of sp³-hybridized carbons (Fsp3) is 0.158. The quantitative estimate of drug-likeness (QED) is 0.565. The smallest absolute Gasteiger partial charge is 0.361 e. The Hall–Kier alpha value is -2.61. The van der Waals surface area contributed by atoms with Gasteiger partial charge in [-0.2, -0.15) is 9.90 Å². The Labute approximate surface area is 181 Å². The second kappa shape index (κ2) is 8.82. The van der Waals surface area contributed by atoms with Crippen LogP contribution in [0.4, 0.5) is 5.69 Å². The number of benzene rings is 2. The largest absolute Gasteiger partial charge is 0.448 e. The number of nitrogens with one attached hydrogen (secondary N) is 1. The Bertz CT molecular complexity index is 1050. The third-order valence-corrected chi connectivity index (χ3v) is 4.69. The molecule has 1 heterocycles. The van der Waals surface area contributed by atoms with Crippen LogP contribution in [-0.2, 0) is 9.53 Å². The fourth-order valence-corrected chi connectivity index (χ4v) is 3.31. The number of para-hydroxylation sites is 1. The lowest BCUT2D eigenvalue weighted by Gasteiger charge is -2.14. The zero-order chi connectivity index (χ0) is 21.1. The van der Waals surface area contributed by atoms with E-state index in [1.54, 1.807) is 19.1 Å². The summed E-state index contributed by atoms with van der Waals surface area (Å²) in [5, 5.41) is 11.5. The molecule has 0 radical (unpaired) electrons. The molecule has 0 aliphatic carbocycles. The third kappa shape index (κ3) is 4.87. The van der Waals surface area contributed by atoms with Gasteiger partial charge < -0.3 is 10.1 Å². The van der Waals surface area contributed by atoms with Crippen LogP contribution in [0, 0.1) is 6.92 Å². The van der Waals surface area contributed by atoms with Crippen molar-refractivity contribution in [3.8, 4) is 5.69 Å². The van der Waals surface area contributed by atoms with Crippen LogP contribution in [0.5, 0.6) is 0 Å². The van der Waals surface area contributed by atoms with E-state index in [0.29, 0.717) is 16.4 Å². The van der Waals surface area contributed by atoms with E-state index in [2.05, 4.69) is 15.5 Å². The first-order valence-corrected chi connectivity index (χ1v) is 9.55. The predicted octanol–water partition coefficient (Wildman–Crippen LogP) is 4.72. The lowest BCUT2D eigenvalue weighted by molar-refractivity contribution is -0.123. The lowest BCUT2D eigenvalue weighted by atomic mass is 10.3. The van der Waals surface area contributed by atoms with Gasteiger partial charge in [0.15, 0.2) is 11.8 Å². The molecule has 0 aliphatic rings. The molecule has 1 unspecified atom stereocenters. The Morgan fingerprint density at radius 1 is 1.07 bits per heavy atom. The fourth-order valence-electron chi connectivity index (χ4n) is 2.40. The first-order chi connectivity index (χ1) is 13.8. The summed E-state index contributed by atoms with van der Waals surface area (Å²) in [6, 6.07) is 12.0. The number of hydrogen-bond acceptors (Lipinski definition) is 5. The Morgan fingerprint density at radius 3 is 2.31 bits per heavy atom. The maximum absolute atomic E-state index is 12.5. The van der Waals surface area contributed by atoms with E-state index in [9.17, 15) is 9.59 Å². The van der Waals surface area contributed by atoms with Gasteiger partial charge in [0.2, 0.25) is 0 Å². The highest BCUT2D eigenvalue weighted by Gasteiger charge is 2.24. The number of carbonyl (C=O) groups excluding carboxylic acids is 2. The van der Waals surface area contributed by atoms with E-state index < -0.39 is 18.0 Å². The molecule has 0 spiro atoms. The molecule has 3 aromatic rings. The van der Waals surface area contributed by atoms with E-state index in [1.165, 1.54) is 23.9 Å². The molecule has 0 saturated carbocycles. The molecule has 29 heavy (non-hydrogen) atoms. The van der Waals surface area contributed by atoms with E-state index in [-0.39, 0.29) is 21.4 Å². The van der Waals surface area contributed by atoms with E-state index >= 15 is 0 Å². The molecule has 0 fully saturated rings. The summed E-state index contributed by atoms with van der Waals surface area (Å²) in [6.45, 7) is 3.04. The summed E-state index contributed by atoms with van der Waals surface area (Å²) in [6.07, 6.45) is -1.13. The average Bonchev–Trinajstić information content (AvgIpc) is 3.07. The van der Waals surface area contributed by atoms with Crippen LogP contribution in [-0.4, -0.2) is 33.0 Å². The SMILES string of the molecule is Cc1nn(-c2ccccc2)nc1C(=O)OC(C)C(=O)Nc1c(Cl)cc(Cl)cc1Cl. The van der Waals surface area contributed by atoms with E-state index in [1.807, 2.05) is 18.2 Å². The zero-order valence-corrected chi connectivity index (χ0v) is 17.6. The summed E-state index contributed by atoms with van der Waals surface area (Å²) in [5.74, 6) is -1.39. The normalized spacial score (nSPS) is 11.8. The van der Waals surface area contributed by atoms with Crippen molar-refractivity contribution in [2.45, 2.75) is 20.0 Å². The molecule has 3 rings (SSSR count). The van der Waals surface area contributed by atoms with Crippen molar-refractivity contribution in [3.05, 3.63) is 68.9 Å². The third-order valence-electron chi connectivity index (χ3n) is 3.87. The van der Waals surface area contributed by atoms with Gasteiger partial charge in [0.05, 0.1) is 27.1 Å². The molecule has 2 aromatic carbocycles. The van der Waals surface area contributed by atoms with Crippen molar-refractivity contribution in [3.63, 3.8) is 0 Å². The van der Waals surface area contributed by atoms with Crippen molar-refractivity contribution in [2.24, 2.45) is 0 Å². The number of aromatic nitrogens is 3. The summed E-state index contributed by atoms with van der Waals surface area (Å²) >= 11 is 18.0. The van der Waals surface area contributed by atoms with Gasteiger partial charge in [-0.05, 0) is 38.1 Å². The van der Waals surface area contributed by atoms with Gasteiger partial charge in [-0.25, -0.2) is 4.79 Å². The number of anilines is 1. The van der Waals surface area contributed by atoms with Gasteiger partial charge in [0.25, 0.3) is 5.91 Å². The van der Waals surface area contributed by atoms with Gasteiger partial charge in [0.1, 0.15) is 0 Å². The van der Waals surface area contributed by atoms with Crippen LogP contribution in [0.25, 0.3) is 5.69 Å². The Morgan fingerprint density at radius 2 is 1.69 bits per heavy atom. The number of ether oxygens (including phenoxy) is 1. The molecule has 1 atom stereocenters. The molecular formula is C19H15Cl3N4O3. The molecule has 1 amide bonds. The van der Waals surface area contributed by atoms with E-state index in [4.69, 9.17) is 39.5 Å². The van der Waals surface area contributed by atoms with Crippen molar-refractivity contribution >= 4 is 52.4 Å². The maximum atomic E-state index is 12.5. The summed E-state index contributed by atoms with van der Waals surface area (Å²) in [4.78, 5) is 26.2. The molecule has 1 N–H and O–H groups in total. The molecule has 7 nitrogen and oxygen atoms in total. The van der Waals surface area contributed by atoms with E-state index in [0.717, 1.165) is 0 Å². The minimum absolute atomic E-state index is 0.0102. The van der Waals surface area contributed by atoms with Crippen LogP contribution in [0.3, 0.4) is 0 Å². The first-order valence-electron chi connectivity index (χ1n) is 8.42. The second-order valence-corrected chi connectivity index (χ2v) is 7.29. The molecule has 10 heteroatoms. The second-order valence-electron chi connectivity index (χ2n) is 6.04. The van der Waals surface area contributed by atoms with Crippen LogP contribution >= 0.6 is 34.8 Å². The van der Waals surface area contributed by atoms with Crippen molar-refractivity contribution < 1.29 is 14.3 Å². The van der Waals surface area contributed by atoms with Crippen molar-refractivity contribution in [2.75, 3.05) is 5.32 Å².